The van der Waals surface area contributed by atoms with Crippen molar-refractivity contribution in [3.05, 3.63) is 29.8 Å². The van der Waals surface area contributed by atoms with Crippen LogP contribution in [0.15, 0.2) is 29.3 Å². The molecule has 0 amide bonds. The van der Waals surface area contributed by atoms with Crippen LogP contribution in [0.3, 0.4) is 0 Å². The topological polar surface area (TPSA) is 30.8 Å². The second-order valence-corrected chi connectivity index (χ2v) is 3.55. The summed E-state index contributed by atoms with van der Waals surface area (Å²) in [5.74, 6) is 1.48. The number of methoxy groups -OCH3 is 2. The van der Waals surface area contributed by atoms with Gasteiger partial charge in [-0.1, -0.05) is 6.08 Å². The summed E-state index contributed by atoms with van der Waals surface area (Å²) in [4.78, 5) is 4.37. The van der Waals surface area contributed by atoms with Crippen LogP contribution in [-0.4, -0.2) is 20.4 Å². The van der Waals surface area contributed by atoms with Gasteiger partial charge in [0, 0.05) is 11.8 Å². The van der Waals surface area contributed by atoms with Crippen LogP contribution in [0.25, 0.3) is 5.70 Å². The maximum atomic E-state index is 5.26. The molecule has 0 fully saturated rings. The van der Waals surface area contributed by atoms with E-state index in [1.807, 2.05) is 24.4 Å². The molecule has 0 saturated heterocycles. The number of nitrogens with zero attached hydrogens (tertiary/aromatic N) is 1. The molecular weight excluding hydrogens is 202 g/mol. The van der Waals surface area contributed by atoms with Gasteiger partial charge >= 0.3 is 0 Å². The summed E-state index contributed by atoms with van der Waals surface area (Å²) < 4.78 is 10.5. The molecule has 0 unspecified atom stereocenters. The van der Waals surface area contributed by atoms with E-state index in [1.54, 1.807) is 14.2 Å². The van der Waals surface area contributed by atoms with Gasteiger partial charge in [0.15, 0.2) is 11.5 Å². The van der Waals surface area contributed by atoms with E-state index in [0.29, 0.717) is 0 Å². The van der Waals surface area contributed by atoms with Crippen molar-refractivity contribution in [1.82, 2.24) is 0 Å². The standard InChI is InChI=1S/C13H15NO2/c1-15-12-7-6-10(9-13(12)16-2)11-5-3-4-8-14-11/h5-9H,3-4H2,1-2H3. The quantitative estimate of drug-likeness (QED) is 0.779. The highest BCUT2D eigenvalue weighted by molar-refractivity contribution is 5.77. The molecule has 1 heterocycles. The molecule has 3 heteroatoms. The van der Waals surface area contributed by atoms with Crippen LogP contribution < -0.4 is 9.47 Å². The van der Waals surface area contributed by atoms with Crippen molar-refractivity contribution >= 4 is 11.9 Å². The Bertz CT molecular complexity index is 436. The molecule has 1 aromatic carbocycles. The molecule has 16 heavy (non-hydrogen) atoms. The van der Waals surface area contributed by atoms with Crippen molar-refractivity contribution in [2.24, 2.45) is 4.99 Å². The Morgan fingerprint density at radius 1 is 1.06 bits per heavy atom. The number of benzene rings is 1. The summed E-state index contributed by atoms with van der Waals surface area (Å²) >= 11 is 0. The first-order valence-electron chi connectivity index (χ1n) is 5.30. The third-order valence-electron chi connectivity index (χ3n) is 2.54. The summed E-state index contributed by atoms with van der Waals surface area (Å²) in [6.45, 7) is 0. The molecule has 0 atom stereocenters. The predicted molar refractivity (Wildman–Crippen MR) is 65.2 cm³/mol. The fraction of sp³-hybridized carbons (Fsp3) is 0.308. The van der Waals surface area contributed by atoms with Crippen molar-refractivity contribution in [2.45, 2.75) is 12.8 Å². The lowest BCUT2D eigenvalue weighted by Crippen LogP contribution is -1.93. The van der Waals surface area contributed by atoms with Crippen LogP contribution in [-0.2, 0) is 0 Å². The Morgan fingerprint density at radius 2 is 1.88 bits per heavy atom. The molecule has 0 aromatic heterocycles. The molecule has 1 aliphatic heterocycles. The molecule has 0 radical (unpaired) electrons. The van der Waals surface area contributed by atoms with Gasteiger partial charge in [0.1, 0.15) is 0 Å². The smallest absolute Gasteiger partial charge is 0.161 e. The van der Waals surface area contributed by atoms with Crippen LogP contribution >= 0.6 is 0 Å². The van der Waals surface area contributed by atoms with E-state index in [4.69, 9.17) is 9.47 Å². The summed E-state index contributed by atoms with van der Waals surface area (Å²) in [5.41, 5.74) is 2.07. The fourth-order valence-corrected chi connectivity index (χ4v) is 1.70. The van der Waals surface area contributed by atoms with Crippen LogP contribution in [0, 0.1) is 0 Å². The maximum absolute atomic E-state index is 5.26. The molecule has 2 rings (SSSR count). The molecule has 0 saturated carbocycles. The van der Waals surface area contributed by atoms with Crippen molar-refractivity contribution in [3.63, 3.8) is 0 Å². The van der Waals surface area contributed by atoms with Gasteiger partial charge in [-0.3, -0.25) is 4.99 Å². The highest BCUT2D eigenvalue weighted by Gasteiger charge is 2.08. The first-order valence-corrected chi connectivity index (χ1v) is 5.30. The van der Waals surface area contributed by atoms with E-state index in [1.165, 1.54) is 0 Å². The first kappa shape index (κ1) is 10.7. The Balaban J connectivity index is 2.35. The monoisotopic (exact) mass is 217 g/mol. The van der Waals surface area contributed by atoms with Crippen molar-refractivity contribution in [2.75, 3.05) is 14.2 Å². The summed E-state index contributed by atoms with van der Waals surface area (Å²) in [7, 11) is 3.27. The van der Waals surface area contributed by atoms with Gasteiger partial charge in [-0.25, -0.2) is 0 Å². The summed E-state index contributed by atoms with van der Waals surface area (Å²) in [5, 5.41) is 0. The predicted octanol–water partition coefficient (Wildman–Crippen LogP) is 2.91. The molecule has 1 aromatic rings. The largest absolute Gasteiger partial charge is 0.493 e. The van der Waals surface area contributed by atoms with Gasteiger partial charge in [0.25, 0.3) is 0 Å². The second-order valence-electron chi connectivity index (χ2n) is 3.55. The van der Waals surface area contributed by atoms with Crippen molar-refractivity contribution in [3.8, 4) is 11.5 Å². The maximum Gasteiger partial charge on any atom is 0.161 e. The van der Waals surface area contributed by atoms with E-state index in [9.17, 15) is 0 Å². The van der Waals surface area contributed by atoms with Gasteiger partial charge in [-0.15, -0.1) is 0 Å². The highest BCUT2D eigenvalue weighted by atomic mass is 16.5. The number of rotatable bonds is 3. The summed E-state index contributed by atoms with van der Waals surface area (Å²) in [6.07, 6.45) is 6.16. The molecule has 0 bridgehead atoms. The molecule has 84 valence electrons. The van der Waals surface area contributed by atoms with E-state index in [-0.39, 0.29) is 0 Å². The number of hydrogen-bond acceptors (Lipinski definition) is 3. The number of ether oxygens (including phenoxy) is 2. The van der Waals surface area contributed by atoms with Crippen LogP contribution in [0.2, 0.25) is 0 Å². The Labute approximate surface area is 95.4 Å². The highest BCUT2D eigenvalue weighted by Crippen LogP contribution is 2.31. The van der Waals surface area contributed by atoms with Gasteiger partial charge in [-0.05, 0) is 31.0 Å². The van der Waals surface area contributed by atoms with Crippen molar-refractivity contribution < 1.29 is 9.47 Å². The van der Waals surface area contributed by atoms with E-state index in [0.717, 1.165) is 35.6 Å². The van der Waals surface area contributed by atoms with Gasteiger partial charge in [-0.2, -0.15) is 0 Å². The minimum absolute atomic E-state index is 0.738. The third kappa shape index (κ3) is 2.08. The fourth-order valence-electron chi connectivity index (χ4n) is 1.70. The number of allylic oxidation sites excluding steroid dienone is 1. The minimum Gasteiger partial charge on any atom is -0.493 e. The average Bonchev–Trinajstić information content (AvgIpc) is 2.39. The van der Waals surface area contributed by atoms with E-state index in [2.05, 4.69) is 11.1 Å². The molecular formula is C13H15NO2. The third-order valence-corrected chi connectivity index (χ3v) is 2.54. The molecule has 1 aliphatic rings. The van der Waals surface area contributed by atoms with Gasteiger partial charge in [0.05, 0.1) is 19.9 Å². The SMILES string of the molecule is COc1ccc(C2=CCCC=N2)cc1OC. The van der Waals surface area contributed by atoms with Crippen molar-refractivity contribution in [1.29, 1.82) is 0 Å². The van der Waals surface area contributed by atoms with Gasteiger partial charge in [0.2, 0.25) is 0 Å². The molecule has 3 nitrogen and oxygen atoms in total. The van der Waals surface area contributed by atoms with Crippen LogP contribution in [0.4, 0.5) is 0 Å². The average molecular weight is 217 g/mol. The minimum atomic E-state index is 0.738. The van der Waals surface area contributed by atoms with E-state index < -0.39 is 0 Å². The zero-order valence-corrected chi connectivity index (χ0v) is 9.56. The Morgan fingerprint density at radius 3 is 2.50 bits per heavy atom. The molecule has 0 spiro atoms. The lowest BCUT2D eigenvalue weighted by atomic mass is 10.1. The normalized spacial score (nSPS) is 14.5. The van der Waals surface area contributed by atoms with Crippen LogP contribution in [0.1, 0.15) is 18.4 Å². The second kappa shape index (κ2) is 4.84. The number of hydrogen-bond donors (Lipinski definition) is 0. The first-order chi connectivity index (χ1) is 7.85. The Hall–Kier alpha value is -1.77. The molecule has 0 aliphatic carbocycles. The molecule has 0 N–H and O–H groups in total. The lowest BCUT2D eigenvalue weighted by Gasteiger charge is -2.11. The summed E-state index contributed by atoms with van der Waals surface area (Å²) in [6, 6.07) is 5.85. The Kier molecular flexibility index (Phi) is 3.25. The zero-order valence-electron chi connectivity index (χ0n) is 9.56. The lowest BCUT2D eigenvalue weighted by molar-refractivity contribution is 0.355. The van der Waals surface area contributed by atoms with Crippen LogP contribution in [0.5, 0.6) is 11.5 Å². The van der Waals surface area contributed by atoms with Gasteiger partial charge < -0.3 is 9.47 Å². The zero-order chi connectivity index (χ0) is 11.4. The number of aliphatic imine (C=N–C) groups is 1. The van der Waals surface area contributed by atoms with E-state index >= 15 is 0 Å².